The summed E-state index contributed by atoms with van der Waals surface area (Å²) in [7, 11) is 0. The summed E-state index contributed by atoms with van der Waals surface area (Å²) in [6.45, 7) is 17.1. The molecule has 85 heavy (non-hydrogen) atoms. The Balaban J connectivity index is 1.17. The molecule has 2 fully saturated rings. The minimum Gasteiger partial charge on any atom is -0.465 e. The number of aliphatic hydroxyl groups is 4. The first-order chi connectivity index (χ1) is 39.8. The second kappa shape index (κ2) is 31.7. The highest BCUT2D eigenvalue weighted by Crippen LogP contribution is 2.42. The van der Waals surface area contributed by atoms with Crippen molar-refractivity contribution < 1.29 is 106 Å². The summed E-state index contributed by atoms with van der Waals surface area (Å²) < 4.78 is 34.8. The Bertz CT molecular complexity index is 2980. The van der Waals surface area contributed by atoms with E-state index in [-0.39, 0.29) is 37.2 Å². The van der Waals surface area contributed by atoms with E-state index in [1.807, 2.05) is 140 Å². The monoisotopic (exact) mass is 1180 g/mol. The van der Waals surface area contributed by atoms with Crippen LogP contribution in [0, 0.1) is 10.8 Å². The average molecular weight is 1190 g/mol. The molecule has 8 atom stereocenters. The van der Waals surface area contributed by atoms with Crippen molar-refractivity contribution in [3.63, 3.8) is 0 Å². The van der Waals surface area contributed by atoms with Crippen molar-refractivity contribution in [2.45, 2.75) is 163 Å². The number of esters is 7. The van der Waals surface area contributed by atoms with Crippen LogP contribution in [-0.4, -0.2) is 154 Å². The minimum atomic E-state index is -1.89. The van der Waals surface area contributed by atoms with Crippen LogP contribution in [0.5, 0.6) is 0 Å². The standard InChI is InChI=1S/C63H76O22/c1-35(17-13-19-37(3)21-23-41-39(5)52(71)45(31-62(41,7)8)82-50(69)27-25-47(66)79-30-29-49(68)81-34-44(65)59-55(74)57(76)61(78)85-59)15-11-12-16-36(2)18-14-20-38(4)22-24-42-40(6)53(72)46(32-63(42,9)10)83-51(70)28-26-48(67)80-33-43(64)58-54(73)56(75)60(77)84-58/h11-24,43-46,54-55,58-59,64-65,73-74H,25-34H2,1-10H3/b12-11+,17-13+,18-14+,23-21+,24-22+,35-15+,36-16+,37-19+,38-20-. The van der Waals surface area contributed by atoms with Crippen molar-refractivity contribution in [1.29, 1.82) is 0 Å². The normalized spacial score (nSPS) is 24.1. The van der Waals surface area contributed by atoms with Gasteiger partial charge in [0.1, 0.15) is 32.0 Å². The fourth-order valence-corrected chi connectivity index (χ4v) is 9.22. The maximum Gasteiger partial charge on any atom is 0.378 e. The van der Waals surface area contributed by atoms with Crippen molar-refractivity contribution in [2.75, 3.05) is 19.8 Å². The van der Waals surface area contributed by atoms with Crippen LogP contribution in [0.2, 0.25) is 0 Å². The second-order valence-electron chi connectivity index (χ2n) is 22.2. The third-order valence-electron chi connectivity index (χ3n) is 14.1. The molecule has 0 aromatic carbocycles. The number of hydrogen-bond acceptors (Lipinski definition) is 22. The van der Waals surface area contributed by atoms with Gasteiger partial charge in [-0.1, -0.05) is 135 Å². The van der Waals surface area contributed by atoms with E-state index in [0.29, 0.717) is 11.1 Å². The van der Waals surface area contributed by atoms with Gasteiger partial charge < -0.3 is 53.6 Å². The van der Waals surface area contributed by atoms with Crippen molar-refractivity contribution in [3.8, 4) is 0 Å². The molecule has 2 aliphatic heterocycles. The molecule has 4 rings (SSSR count). The molecule has 4 aliphatic rings. The molecule has 2 saturated heterocycles. The third-order valence-corrected chi connectivity index (χ3v) is 14.1. The molecule has 0 aromatic heterocycles. The van der Waals surface area contributed by atoms with Crippen molar-refractivity contribution in [1.82, 2.24) is 0 Å². The van der Waals surface area contributed by atoms with E-state index >= 15 is 0 Å². The summed E-state index contributed by atoms with van der Waals surface area (Å²) in [5.74, 6) is -9.97. The predicted molar refractivity (Wildman–Crippen MR) is 302 cm³/mol. The van der Waals surface area contributed by atoms with Gasteiger partial charge in [0.2, 0.25) is 0 Å². The Hall–Kier alpha value is -8.05. The summed E-state index contributed by atoms with van der Waals surface area (Å²) in [5.41, 5.74) is 5.20. The molecule has 0 spiro atoms. The molecule has 22 heteroatoms. The summed E-state index contributed by atoms with van der Waals surface area (Å²) in [6.07, 6.45) is 13.0. The molecule has 0 amide bonds. The van der Waals surface area contributed by atoms with Crippen molar-refractivity contribution >= 4 is 64.9 Å². The molecule has 22 nitrogen and oxygen atoms in total. The number of carbonyl (C=O) groups is 11. The van der Waals surface area contributed by atoms with Crippen LogP contribution < -0.4 is 0 Å². The molecule has 2 heterocycles. The highest BCUT2D eigenvalue weighted by atomic mass is 16.6. The van der Waals surface area contributed by atoms with Crippen LogP contribution in [0.1, 0.15) is 114 Å². The first-order valence-electron chi connectivity index (χ1n) is 27.5. The summed E-state index contributed by atoms with van der Waals surface area (Å²) in [5, 5.41) is 39.4. The predicted octanol–water partition coefficient (Wildman–Crippen LogP) is 5.02. The van der Waals surface area contributed by atoms with Crippen LogP contribution in [0.3, 0.4) is 0 Å². The molecular formula is C63H76O22. The smallest absolute Gasteiger partial charge is 0.378 e. The first-order valence-corrected chi connectivity index (χ1v) is 27.5. The number of ether oxygens (including phenoxy) is 7. The van der Waals surface area contributed by atoms with Crippen molar-refractivity contribution in [2.24, 2.45) is 10.8 Å². The zero-order valence-corrected chi connectivity index (χ0v) is 49.4. The van der Waals surface area contributed by atoms with E-state index in [1.165, 1.54) is 0 Å². The summed E-state index contributed by atoms with van der Waals surface area (Å²) >= 11 is 0. The number of ketones is 4. The molecule has 460 valence electrons. The Labute approximate surface area is 493 Å². The van der Waals surface area contributed by atoms with Crippen LogP contribution in [0.4, 0.5) is 0 Å². The average Bonchev–Trinajstić information content (AvgIpc) is 2.28. The number of rotatable bonds is 27. The largest absolute Gasteiger partial charge is 0.465 e. The van der Waals surface area contributed by atoms with Gasteiger partial charge in [-0.2, -0.15) is 0 Å². The van der Waals surface area contributed by atoms with Crippen LogP contribution >= 0.6 is 0 Å². The highest BCUT2D eigenvalue weighted by molar-refractivity contribution is 6.37. The Morgan fingerprint density at radius 1 is 0.494 bits per heavy atom. The van der Waals surface area contributed by atoms with Gasteiger partial charge in [0.25, 0.3) is 11.6 Å². The number of carbonyl (C=O) groups excluding carboxylic acids is 11. The minimum absolute atomic E-state index is 0.206. The van der Waals surface area contributed by atoms with E-state index in [9.17, 15) is 73.2 Å². The number of Topliss-reactive ketones (excluding diaryl/α,β-unsaturated/α-hetero) is 4. The van der Waals surface area contributed by atoms with Gasteiger partial charge in [0.15, 0.2) is 48.2 Å². The fraction of sp³-hybridized carbons (Fsp3) is 0.476. The van der Waals surface area contributed by atoms with E-state index in [4.69, 9.17) is 23.7 Å². The molecule has 0 saturated carbocycles. The molecule has 0 radical (unpaired) electrons. The zero-order chi connectivity index (χ0) is 63.5. The SMILES string of the molecule is CC1=C(/C=C/C(C)=C/C=C/C(C)=C/C=C/C=C(C)/C=C/C=C(C)\C=C\C2=C(C)C(=O)C(OC(=O)CCC(=O)OCC(O)C3OC(=O)C(=O)C3O)CC2(C)C)C(C)(C)CC(OC(=O)CCC(=O)OCCC(=O)OCC(O)C2OC(=O)C(=O)C2O)C1=O. The van der Waals surface area contributed by atoms with Crippen LogP contribution in [0.25, 0.3) is 0 Å². The molecule has 8 unspecified atom stereocenters. The van der Waals surface area contributed by atoms with Crippen LogP contribution in [-0.2, 0) is 85.9 Å². The zero-order valence-electron chi connectivity index (χ0n) is 49.4. The number of cyclic esters (lactones) is 2. The fourth-order valence-electron chi connectivity index (χ4n) is 9.22. The van der Waals surface area contributed by atoms with Crippen molar-refractivity contribution in [3.05, 3.63) is 130 Å². The van der Waals surface area contributed by atoms with E-state index < -0.39 is 152 Å². The van der Waals surface area contributed by atoms with Gasteiger partial charge in [-0.3, -0.25) is 43.2 Å². The maximum absolute atomic E-state index is 13.4. The third kappa shape index (κ3) is 20.9. The van der Waals surface area contributed by atoms with E-state index in [1.54, 1.807) is 13.8 Å². The lowest BCUT2D eigenvalue weighted by molar-refractivity contribution is -0.161. The van der Waals surface area contributed by atoms with Gasteiger partial charge in [0, 0.05) is 12.8 Å². The Morgan fingerprint density at radius 3 is 1.19 bits per heavy atom. The highest BCUT2D eigenvalue weighted by Gasteiger charge is 2.48. The lowest BCUT2D eigenvalue weighted by Crippen LogP contribution is -2.40. The lowest BCUT2D eigenvalue weighted by Gasteiger charge is -2.36. The summed E-state index contributed by atoms with van der Waals surface area (Å²) in [4.78, 5) is 134. The number of aliphatic hydroxyl groups excluding tert-OH is 4. The molecule has 4 N–H and O–H groups in total. The lowest BCUT2D eigenvalue weighted by atomic mass is 9.71. The quantitative estimate of drug-likeness (QED) is 0.0363. The molecule has 2 aliphatic carbocycles. The topological polar surface area (TPSA) is 333 Å². The maximum atomic E-state index is 13.4. The molecule has 0 aromatic rings. The molecular weight excluding hydrogens is 1110 g/mol. The van der Waals surface area contributed by atoms with Gasteiger partial charge in [0.05, 0.1) is 32.1 Å². The van der Waals surface area contributed by atoms with Gasteiger partial charge in [-0.05, 0) is 74.7 Å². The van der Waals surface area contributed by atoms with Gasteiger partial charge in [-0.25, -0.2) is 9.59 Å². The van der Waals surface area contributed by atoms with Gasteiger partial charge >= 0.3 is 41.8 Å². The van der Waals surface area contributed by atoms with Crippen LogP contribution in [0.15, 0.2) is 130 Å². The first kappa shape index (κ1) is 69.4. The Morgan fingerprint density at radius 2 is 0.824 bits per heavy atom. The van der Waals surface area contributed by atoms with Gasteiger partial charge in [-0.15, -0.1) is 0 Å². The van der Waals surface area contributed by atoms with E-state index in [2.05, 4.69) is 9.47 Å². The number of allylic oxidation sites excluding steroid dienone is 20. The van der Waals surface area contributed by atoms with E-state index in [0.717, 1.165) is 33.4 Å². The summed E-state index contributed by atoms with van der Waals surface area (Å²) in [6, 6.07) is 0. The number of hydrogen-bond donors (Lipinski definition) is 4. The molecule has 0 bridgehead atoms. The Kier molecular flexibility index (Phi) is 25.9. The second-order valence-corrected chi connectivity index (χ2v) is 22.2.